The number of hydrogen-bond acceptors (Lipinski definition) is 7. The van der Waals surface area contributed by atoms with E-state index >= 15 is 0 Å². The summed E-state index contributed by atoms with van der Waals surface area (Å²) in [4.78, 5) is 43.1. The number of rotatable bonds is 7. The molecule has 0 aliphatic carbocycles. The molecule has 0 spiro atoms. The number of fused-ring (bicyclic) bond motifs is 1. The molecule has 1 fully saturated rings. The molecule has 1 unspecified atom stereocenters. The highest BCUT2D eigenvalue weighted by molar-refractivity contribution is 6.32. The fourth-order valence-corrected chi connectivity index (χ4v) is 5.11. The van der Waals surface area contributed by atoms with Gasteiger partial charge in [0, 0.05) is 49.5 Å². The second kappa shape index (κ2) is 13.5. The van der Waals surface area contributed by atoms with Gasteiger partial charge in [0.2, 0.25) is 5.91 Å². The van der Waals surface area contributed by atoms with Gasteiger partial charge in [0.05, 0.1) is 18.2 Å². The maximum absolute atomic E-state index is 12.8. The van der Waals surface area contributed by atoms with Gasteiger partial charge in [-0.2, -0.15) is 0 Å². The highest BCUT2D eigenvalue weighted by Gasteiger charge is 2.25. The number of nitrogens with one attached hydrogen (secondary N) is 2. The molecule has 10 nitrogen and oxygen atoms in total. The lowest BCUT2D eigenvalue weighted by Crippen LogP contribution is -2.40. The summed E-state index contributed by atoms with van der Waals surface area (Å²) in [6.45, 7) is 7.92. The Kier molecular flexibility index (Phi) is 9.51. The van der Waals surface area contributed by atoms with Gasteiger partial charge in [-0.1, -0.05) is 29.8 Å². The highest BCUT2D eigenvalue weighted by Crippen LogP contribution is 2.40. The lowest BCUT2D eigenvalue weighted by atomic mass is 9.99. The van der Waals surface area contributed by atoms with Crippen LogP contribution >= 0.6 is 11.6 Å². The van der Waals surface area contributed by atoms with Gasteiger partial charge < -0.3 is 24.4 Å². The molecule has 5 rings (SSSR count). The van der Waals surface area contributed by atoms with Crippen molar-refractivity contribution in [3.63, 3.8) is 0 Å². The number of aromatic nitrogens is 1. The van der Waals surface area contributed by atoms with Gasteiger partial charge in [0.25, 0.3) is 5.91 Å². The van der Waals surface area contributed by atoms with Gasteiger partial charge >= 0.3 is 6.09 Å². The van der Waals surface area contributed by atoms with Crippen molar-refractivity contribution < 1.29 is 28.6 Å². The Morgan fingerprint density at radius 2 is 1.82 bits per heavy atom. The van der Waals surface area contributed by atoms with E-state index in [0.29, 0.717) is 54.9 Å². The number of carbonyl (C=O) groups excluding carboxylic acids is 3. The normalized spacial score (nSPS) is 16.3. The molecule has 0 bridgehead atoms. The Hall–Kier alpha value is -4.41. The molecular formula is C33H35ClN4O6. The zero-order valence-electron chi connectivity index (χ0n) is 24.9. The molecule has 1 aromatic heterocycles. The van der Waals surface area contributed by atoms with Crippen LogP contribution in [-0.2, 0) is 27.2 Å². The molecule has 3 heterocycles. The summed E-state index contributed by atoms with van der Waals surface area (Å²) in [5, 5.41) is 5.88. The number of hydrogen-bond donors (Lipinski definition) is 2. The van der Waals surface area contributed by atoms with Crippen molar-refractivity contribution in [3.05, 3.63) is 88.6 Å². The van der Waals surface area contributed by atoms with Crippen LogP contribution in [0.4, 0.5) is 10.6 Å². The first-order valence-corrected chi connectivity index (χ1v) is 14.8. The number of amides is 3. The third kappa shape index (κ3) is 8.15. The van der Waals surface area contributed by atoms with Crippen LogP contribution < -0.4 is 15.4 Å². The summed E-state index contributed by atoms with van der Waals surface area (Å²) in [5.41, 5.74) is 3.61. The second-order valence-electron chi connectivity index (χ2n) is 11.5. The van der Waals surface area contributed by atoms with Crippen LogP contribution in [-0.4, -0.2) is 65.8 Å². The molecule has 2 aliphatic heterocycles. The number of halogens is 1. The van der Waals surface area contributed by atoms with Crippen molar-refractivity contribution in [2.24, 2.45) is 0 Å². The van der Waals surface area contributed by atoms with Crippen molar-refractivity contribution in [2.45, 2.75) is 45.4 Å². The quantitative estimate of drug-likeness (QED) is 0.341. The topological polar surface area (TPSA) is 119 Å². The molecule has 3 aromatic rings. The average molecular weight is 619 g/mol. The minimum absolute atomic E-state index is 0.000989. The Morgan fingerprint density at radius 3 is 2.50 bits per heavy atom. The van der Waals surface area contributed by atoms with Gasteiger partial charge in [-0.05, 0) is 73.9 Å². The van der Waals surface area contributed by atoms with Crippen LogP contribution in [0.25, 0.3) is 11.1 Å². The van der Waals surface area contributed by atoms with Crippen LogP contribution in [0, 0.1) is 0 Å². The van der Waals surface area contributed by atoms with Crippen molar-refractivity contribution in [1.82, 2.24) is 15.2 Å². The van der Waals surface area contributed by atoms with Gasteiger partial charge in [0.1, 0.15) is 23.3 Å². The summed E-state index contributed by atoms with van der Waals surface area (Å²) in [5.74, 6) is 0.681. The minimum atomic E-state index is -0.608. The van der Waals surface area contributed by atoms with E-state index in [9.17, 15) is 14.4 Å². The van der Waals surface area contributed by atoms with Gasteiger partial charge in [0.15, 0.2) is 0 Å². The zero-order valence-corrected chi connectivity index (χ0v) is 25.6. The molecule has 11 heteroatoms. The number of pyridine rings is 1. The zero-order chi connectivity index (χ0) is 31.3. The van der Waals surface area contributed by atoms with Crippen LogP contribution in [0.3, 0.4) is 0 Å². The van der Waals surface area contributed by atoms with E-state index in [0.717, 1.165) is 22.3 Å². The predicted octanol–water partition coefficient (Wildman–Crippen LogP) is 5.40. The lowest BCUT2D eigenvalue weighted by Gasteiger charge is -2.26. The van der Waals surface area contributed by atoms with E-state index in [1.54, 1.807) is 50.1 Å². The molecule has 230 valence electrons. The van der Waals surface area contributed by atoms with Crippen LogP contribution in [0.15, 0.2) is 66.9 Å². The summed E-state index contributed by atoms with van der Waals surface area (Å²) < 4.78 is 16.6. The first kappa shape index (κ1) is 31.0. The number of nitrogens with zero attached hydrogens (tertiary/aromatic N) is 2. The molecule has 2 aromatic carbocycles. The second-order valence-corrected chi connectivity index (χ2v) is 12.0. The van der Waals surface area contributed by atoms with E-state index in [-0.39, 0.29) is 24.5 Å². The van der Waals surface area contributed by atoms with E-state index in [1.165, 1.54) is 6.08 Å². The maximum Gasteiger partial charge on any atom is 0.413 e. The van der Waals surface area contributed by atoms with Crippen molar-refractivity contribution in [2.75, 3.05) is 31.6 Å². The molecule has 1 saturated heterocycles. The highest BCUT2D eigenvalue weighted by atomic mass is 35.5. The summed E-state index contributed by atoms with van der Waals surface area (Å²) in [6, 6.07) is 14.8. The van der Waals surface area contributed by atoms with E-state index in [1.807, 2.05) is 36.4 Å². The molecule has 0 saturated carbocycles. The molecule has 3 amide bonds. The van der Waals surface area contributed by atoms with Gasteiger partial charge in [-0.15, -0.1) is 0 Å². The molecule has 2 aliphatic rings. The molecule has 0 radical (unpaired) electrons. The lowest BCUT2D eigenvalue weighted by molar-refractivity contribution is -0.116. The molecule has 1 atom stereocenters. The predicted molar refractivity (Wildman–Crippen MR) is 167 cm³/mol. The number of ether oxygens (including phenoxy) is 3. The summed E-state index contributed by atoms with van der Waals surface area (Å²) >= 11 is 6.58. The Balaban J connectivity index is 1.12. The van der Waals surface area contributed by atoms with Crippen LogP contribution in [0.5, 0.6) is 5.75 Å². The SMILES string of the molecule is CC(C)(C)OC(=O)Nc1ccc(CNC(=O)/C=C/C2Cc3cc(-c4ccc(C(=O)N5CCOCC5)cc4)cc(Cl)c3O2)cn1. The van der Waals surface area contributed by atoms with Crippen LogP contribution in [0.2, 0.25) is 5.02 Å². The Morgan fingerprint density at radius 1 is 1.07 bits per heavy atom. The standard InChI is InChI=1S/C33H35ClN4O6/c1-33(2,3)44-32(41)37-28-10-4-21(19-35-28)20-36-29(39)11-9-26-17-25-16-24(18-27(34)30(25)43-26)22-5-7-23(8-6-22)31(40)38-12-14-42-15-13-38/h4-11,16,18-19,26H,12-15,17,20H2,1-3H3,(H,36,39)(H,35,37,41)/b11-9+. The van der Waals surface area contributed by atoms with Crippen LogP contribution in [0.1, 0.15) is 42.3 Å². The number of carbonyl (C=O) groups is 3. The van der Waals surface area contributed by atoms with Crippen molar-refractivity contribution >= 4 is 35.3 Å². The number of anilines is 1. The first-order chi connectivity index (χ1) is 21.0. The Bertz CT molecular complexity index is 1540. The summed E-state index contributed by atoms with van der Waals surface area (Å²) in [7, 11) is 0. The molecular weight excluding hydrogens is 584 g/mol. The van der Waals surface area contributed by atoms with E-state index in [4.69, 9.17) is 25.8 Å². The maximum atomic E-state index is 12.8. The van der Waals surface area contributed by atoms with Crippen molar-refractivity contribution in [3.8, 4) is 16.9 Å². The van der Waals surface area contributed by atoms with E-state index in [2.05, 4.69) is 15.6 Å². The largest absolute Gasteiger partial charge is 0.484 e. The van der Waals surface area contributed by atoms with Gasteiger partial charge in [-0.3, -0.25) is 14.9 Å². The third-order valence-corrected chi connectivity index (χ3v) is 7.24. The monoisotopic (exact) mass is 618 g/mol. The number of benzene rings is 2. The summed E-state index contributed by atoms with van der Waals surface area (Å²) in [6.07, 6.45) is 4.37. The minimum Gasteiger partial charge on any atom is -0.484 e. The fourth-order valence-electron chi connectivity index (χ4n) is 4.83. The van der Waals surface area contributed by atoms with Gasteiger partial charge in [-0.25, -0.2) is 9.78 Å². The van der Waals surface area contributed by atoms with Crippen molar-refractivity contribution in [1.29, 1.82) is 0 Å². The fraction of sp³-hybridized carbons (Fsp3) is 0.333. The average Bonchev–Trinajstić information content (AvgIpc) is 3.43. The number of morpholine rings is 1. The smallest absolute Gasteiger partial charge is 0.413 e. The Labute approximate surface area is 261 Å². The first-order valence-electron chi connectivity index (χ1n) is 14.4. The van der Waals surface area contributed by atoms with E-state index < -0.39 is 11.7 Å². The molecule has 2 N–H and O–H groups in total. The third-order valence-electron chi connectivity index (χ3n) is 6.96. The molecule has 44 heavy (non-hydrogen) atoms.